The minimum atomic E-state index is -0.269. The number of nitrogens with zero attached hydrogens (tertiary/aromatic N) is 2. The van der Waals surface area contributed by atoms with E-state index in [4.69, 9.17) is 0 Å². The minimum absolute atomic E-state index is 0.269. The van der Waals surface area contributed by atoms with E-state index in [2.05, 4.69) is 9.73 Å². The molecule has 1 aliphatic rings. The number of rotatable bonds is 3. The van der Waals surface area contributed by atoms with Gasteiger partial charge in [-0.25, -0.2) is 9.79 Å². The van der Waals surface area contributed by atoms with Crippen LogP contribution in [0.3, 0.4) is 0 Å². The molecule has 1 rings (SSSR count). The molecule has 1 aliphatic heterocycles. The summed E-state index contributed by atoms with van der Waals surface area (Å²) in [6.45, 7) is 0. The highest BCUT2D eigenvalue weighted by Gasteiger charge is 2.13. The Balaban J connectivity index is 2.64. The van der Waals surface area contributed by atoms with Gasteiger partial charge in [-0.3, -0.25) is 0 Å². The van der Waals surface area contributed by atoms with Gasteiger partial charge in [0, 0.05) is 25.4 Å². The fourth-order valence-corrected chi connectivity index (χ4v) is 1.73. The van der Waals surface area contributed by atoms with Gasteiger partial charge in [-0.1, -0.05) is 0 Å². The molecular formula is C10H14N2O2S. The molecule has 5 heteroatoms. The molecule has 0 aromatic carbocycles. The molecule has 15 heavy (non-hydrogen) atoms. The van der Waals surface area contributed by atoms with Crippen LogP contribution in [0, 0.1) is 0 Å². The van der Waals surface area contributed by atoms with Gasteiger partial charge in [-0.2, -0.15) is 0 Å². The van der Waals surface area contributed by atoms with E-state index in [0.29, 0.717) is 11.3 Å². The van der Waals surface area contributed by atoms with Crippen molar-refractivity contribution in [2.75, 3.05) is 27.0 Å². The summed E-state index contributed by atoms with van der Waals surface area (Å²) in [4.78, 5) is 17.3. The van der Waals surface area contributed by atoms with E-state index >= 15 is 0 Å². The minimum Gasteiger partial charge on any atom is -0.466 e. The molecule has 0 bridgehead atoms. The first-order valence-electron chi connectivity index (χ1n) is 4.46. The lowest BCUT2D eigenvalue weighted by Gasteiger charge is -2.10. The van der Waals surface area contributed by atoms with E-state index in [1.165, 1.54) is 18.9 Å². The molecule has 0 saturated carbocycles. The van der Waals surface area contributed by atoms with Crippen LogP contribution in [0.25, 0.3) is 0 Å². The van der Waals surface area contributed by atoms with Gasteiger partial charge in [0.1, 0.15) is 0 Å². The van der Waals surface area contributed by atoms with Crippen molar-refractivity contribution < 1.29 is 9.53 Å². The number of ether oxygens (including phenoxy) is 1. The van der Waals surface area contributed by atoms with Crippen molar-refractivity contribution >= 4 is 24.1 Å². The SMILES string of the molecule is COC(=O)C1=CC=C(/N=C/N(C)C)SC1. The van der Waals surface area contributed by atoms with Crippen LogP contribution in [0.1, 0.15) is 0 Å². The number of esters is 1. The number of aliphatic imine (C=N–C) groups is 1. The third kappa shape index (κ3) is 3.79. The predicted octanol–water partition coefficient (Wildman–Crippen LogP) is 1.26. The molecule has 0 saturated heterocycles. The second-order valence-electron chi connectivity index (χ2n) is 3.19. The van der Waals surface area contributed by atoms with Crippen molar-refractivity contribution in [2.45, 2.75) is 0 Å². The molecule has 4 nitrogen and oxygen atoms in total. The summed E-state index contributed by atoms with van der Waals surface area (Å²) < 4.78 is 4.63. The number of methoxy groups -OCH3 is 1. The van der Waals surface area contributed by atoms with Crippen molar-refractivity contribution in [1.29, 1.82) is 0 Å². The quantitative estimate of drug-likeness (QED) is 0.413. The third-order valence-corrected chi connectivity index (χ3v) is 2.66. The van der Waals surface area contributed by atoms with Gasteiger partial charge in [0.15, 0.2) is 0 Å². The Morgan fingerprint density at radius 1 is 1.60 bits per heavy atom. The number of hydrogen-bond acceptors (Lipinski definition) is 4. The lowest BCUT2D eigenvalue weighted by Crippen LogP contribution is -2.10. The highest BCUT2D eigenvalue weighted by atomic mass is 32.2. The molecule has 0 radical (unpaired) electrons. The van der Waals surface area contributed by atoms with Crippen molar-refractivity contribution in [1.82, 2.24) is 4.90 Å². The Labute approximate surface area is 93.7 Å². The summed E-state index contributed by atoms with van der Waals surface area (Å²) in [7, 11) is 5.21. The maximum atomic E-state index is 11.2. The highest BCUT2D eigenvalue weighted by molar-refractivity contribution is 8.03. The molecule has 0 N–H and O–H groups in total. The normalized spacial score (nSPS) is 15.9. The van der Waals surface area contributed by atoms with Crippen molar-refractivity contribution in [2.24, 2.45) is 4.99 Å². The zero-order chi connectivity index (χ0) is 11.3. The zero-order valence-corrected chi connectivity index (χ0v) is 9.87. The Bertz CT molecular complexity index is 332. The number of thioether (sulfide) groups is 1. The van der Waals surface area contributed by atoms with Crippen LogP contribution in [0.5, 0.6) is 0 Å². The topological polar surface area (TPSA) is 41.9 Å². The average Bonchev–Trinajstić information content (AvgIpc) is 2.26. The van der Waals surface area contributed by atoms with Crippen LogP contribution in [-0.4, -0.2) is 44.2 Å². The molecule has 0 aliphatic carbocycles. The summed E-state index contributed by atoms with van der Waals surface area (Å²) in [5, 5.41) is 0.899. The third-order valence-electron chi connectivity index (χ3n) is 1.67. The van der Waals surface area contributed by atoms with Gasteiger partial charge in [0.25, 0.3) is 0 Å². The second kappa shape index (κ2) is 5.60. The van der Waals surface area contributed by atoms with Crippen LogP contribution in [0.2, 0.25) is 0 Å². The molecule has 0 atom stereocenters. The summed E-state index contributed by atoms with van der Waals surface area (Å²) in [5.74, 6) is 0.345. The number of carbonyl (C=O) groups excluding carboxylic acids is 1. The standard InChI is InChI=1S/C10H14N2O2S/c1-12(2)7-11-9-5-4-8(6-15-9)10(13)14-3/h4-5,7H,6H2,1-3H3/b11-7+. The summed E-state index contributed by atoms with van der Waals surface area (Å²) in [5.41, 5.74) is 0.673. The van der Waals surface area contributed by atoms with Gasteiger partial charge in [-0.05, 0) is 12.2 Å². The van der Waals surface area contributed by atoms with Gasteiger partial charge >= 0.3 is 5.97 Å². The lowest BCUT2D eigenvalue weighted by atomic mass is 10.3. The Kier molecular flexibility index (Phi) is 4.42. The van der Waals surface area contributed by atoms with Crippen molar-refractivity contribution in [3.63, 3.8) is 0 Å². The molecule has 0 aromatic rings. The van der Waals surface area contributed by atoms with Gasteiger partial charge < -0.3 is 9.64 Å². The molecule has 0 amide bonds. The molecule has 1 heterocycles. The van der Waals surface area contributed by atoms with Gasteiger partial charge in [0.2, 0.25) is 0 Å². The van der Waals surface area contributed by atoms with E-state index < -0.39 is 0 Å². The molecule has 82 valence electrons. The molecule has 0 aromatic heterocycles. The fraction of sp³-hybridized carbons (Fsp3) is 0.400. The van der Waals surface area contributed by atoms with Gasteiger partial charge in [0.05, 0.1) is 18.5 Å². The second-order valence-corrected chi connectivity index (χ2v) is 4.18. The fourth-order valence-electron chi connectivity index (χ4n) is 0.931. The maximum Gasteiger partial charge on any atom is 0.334 e. The van der Waals surface area contributed by atoms with E-state index in [-0.39, 0.29) is 5.97 Å². The summed E-state index contributed by atoms with van der Waals surface area (Å²) in [6, 6.07) is 0. The molecule has 0 unspecified atom stereocenters. The molecule has 0 spiro atoms. The lowest BCUT2D eigenvalue weighted by molar-refractivity contribution is -0.135. The maximum absolute atomic E-state index is 11.2. The predicted molar refractivity (Wildman–Crippen MR) is 62.8 cm³/mol. The van der Waals surface area contributed by atoms with Gasteiger partial charge in [-0.15, -0.1) is 11.8 Å². The van der Waals surface area contributed by atoms with E-state index in [9.17, 15) is 4.79 Å². The number of hydrogen-bond donors (Lipinski definition) is 0. The largest absolute Gasteiger partial charge is 0.466 e. The van der Waals surface area contributed by atoms with Crippen molar-refractivity contribution in [3.05, 3.63) is 22.8 Å². The van der Waals surface area contributed by atoms with Crippen molar-refractivity contribution in [3.8, 4) is 0 Å². The van der Waals surface area contributed by atoms with E-state index in [1.807, 2.05) is 25.1 Å². The Morgan fingerprint density at radius 3 is 2.80 bits per heavy atom. The van der Waals surface area contributed by atoms with Crippen LogP contribution in [-0.2, 0) is 9.53 Å². The molecule has 0 fully saturated rings. The van der Waals surface area contributed by atoms with Crippen LogP contribution in [0.4, 0.5) is 0 Å². The Hall–Kier alpha value is -1.23. The van der Waals surface area contributed by atoms with E-state index in [1.54, 1.807) is 12.4 Å². The van der Waals surface area contributed by atoms with E-state index in [0.717, 1.165) is 5.03 Å². The van der Waals surface area contributed by atoms with Crippen LogP contribution >= 0.6 is 11.8 Å². The van der Waals surface area contributed by atoms with Crippen LogP contribution < -0.4 is 0 Å². The smallest absolute Gasteiger partial charge is 0.334 e. The Morgan fingerprint density at radius 2 is 2.33 bits per heavy atom. The zero-order valence-electron chi connectivity index (χ0n) is 9.06. The average molecular weight is 226 g/mol. The summed E-state index contributed by atoms with van der Waals surface area (Å²) >= 11 is 1.52. The first-order chi connectivity index (χ1) is 7.13. The number of carbonyl (C=O) groups is 1. The monoisotopic (exact) mass is 226 g/mol. The highest BCUT2D eigenvalue weighted by Crippen LogP contribution is 2.25. The number of allylic oxidation sites excluding steroid dienone is 2. The van der Waals surface area contributed by atoms with Crippen LogP contribution in [0.15, 0.2) is 27.7 Å². The first kappa shape index (κ1) is 11.8. The first-order valence-corrected chi connectivity index (χ1v) is 5.44. The molecular weight excluding hydrogens is 212 g/mol. The summed E-state index contributed by atoms with van der Waals surface area (Å²) in [6.07, 6.45) is 5.31.